The smallest absolute Gasteiger partial charge is 0.409 e. The summed E-state index contributed by atoms with van der Waals surface area (Å²) in [4.78, 5) is 27.2. The van der Waals surface area contributed by atoms with Gasteiger partial charge in [-0.1, -0.05) is 15.9 Å². The molecule has 0 aliphatic carbocycles. The van der Waals surface area contributed by atoms with Crippen molar-refractivity contribution in [3.63, 3.8) is 0 Å². The lowest BCUT2D eigenvalue weighted by Crippen LogP contribution is -2.51. The number of nitrogens with one attached hydrogen (secondary N) is 1. The van der Waals surface area contributed by atoms with E-state index < -0.39 is 0 Å². The van der Waals surface area contributed by atoms with Gasteiger partial charge in [-0.2, -0.15) is 0 Å². The van der Waals surface area contributed by atoms with E-state index in [4.69, 9.17) is 4.74 Å². The molecule has 0 bridgehead atoms. The molecule has 0 spiro atoms. The predicted octanol–water partition coefficient (Wildman–Crippen LogP) is 3.06. The van der Waals surface area contributed by atoms with Crippen LogP contribution in [0.4, 0.5) is 15.3 Å². The number of hydrogen-bond donors (Lipinski definition) is 1. The van der Waals surface area contributed by atoms with Crippen molar-refractivity contribution >= 4 is 33.7 Å². The van der Waals surface area contributed by atoms with Crippen LogP contribution in [0.25, 0.3) is 0 Å². The van der Waals surface area contributed by atoms with Crippen LogP contribution in [0.1, 0.15) is 12.5 Å². The zero-order valence-electron chi connectivity index (χ0n) is 12.8. The minimum absolute atomic E-state index is 0.145. The molecule has 0 aromatic heterocycles. The van der Waals surface area contributed by atoms with Crippen LogP contribution in [0.3, 0.4) is 0 Å². The summed E-state index contributed by atoms with van der Waals surface area (Å²) in [7, 11) is 0. The Balaban J connectivity index is 1.88. The summed E-state index contributed by atoms with van der Waals surface area (Å²) >= 11 is 3.40. The van der Waals surface area contributed by atoms with E-state index in [0.29, 0.717) is 32.8 Å². The van der Waals surface area contributed by atoms with E-state index in [1.807, 2.05) is 25.1 Å². The summed E-state index contributed by atoms with van der Waals surface area (Å²) in [5.41, 5.74) is 1.79. The number of aryl methyl sites for hydroxylation is 1. The zero-order chi connectivity index (χ0) is 16.1. The van der Waals surface area contributed by atoms with Crippen LogP contribution in [-0.2, 0) is 4.74 Å². The molecule has 0 unspecified atom stereocenters. The highest BCUT2D eigenvalue weighted by atomic mass is 79.9. The second-order valence-electron chi connectivity index (χ2n) is 5.06. The number of urea groups is 1. The molecule has 1 heterocycles. The number of nitrogens with zero attached hydrogens (tertiary/aromatic N) is 2. The Labute approximate surface area is 138 Å². The average molecular weight is 370 g/mol. The van der Waals surface area contributed by atoms with Gasteiger partial charge in [0.1, 0.15) is 0 Å². The molecule has 7 heteroatoms. The lowest BCUT2D eigenvalue weighted by atomic mass is 10.2. The first kappa shape index (κ1) is 16.6. The zero-order valence-corrected chi connectivity index (χ0v) is 14.4. The van der Waals surface area contributed by atoms with Gasteiger partial charge in [0.25, 0.3) is 0 Å². The number of ether oxygens (including phenoxy) is 1. The Kier molecular flexibility index (Phi) is 5.65. The van der Waals surface area contributed by atoms with Crippen LogP contribution >= 0.6 is 15.9 Å². The number of piperazine rings is 1. The van der Waals surface area contributed by atoms with E-state index in [2.05, 4.69) is 21.2 Å². The SMILES string of the molecule is CCOC(=O)N1CCN(C(=O)Nc2ccc(Br)cc2C)CC1. The quantitative estimate of drug-likeness (QED) is 0.871. The highest BCUT2D eigenvalue weighted by Crippen LogP contribution is 2.20. The maximum Gasteiger partial charge on any atom is 0.409 e. The van der Waals surface area contributed by atoms with Gasteiger partial charge in [-0.3, -0.25) is 0 Å². The van der Waals surface area contributed by atoms with E-state index in [1.54, 1.807) is 16.7 Å². The molecule has 6 nitrogen and oxygen atoms in total. The van der Waals surface area contributed by atoms with Gasteiger partial charge in [0.2, 0.25) is 0 Å². The van der Waals surface area contributed by atoms with Crippen molar-refractivity contribution in [2.45, 2.75) is 13.8 Å². The number of anilines is 1. The maximum atomic E-state index is 12.3. The van der Waals surface area contributed by atoms with Crippen molar-refractivity contribution < 1.29 is 14.3 Å². The minimum atomic E-state index is -0.314. The molecule has 0 saturated carbocycles. The van der Waals surface area contributed by atoms with Crippen LogP contribution in [0.2, 0.25) is 0 Å². The largest absolute Gasteiger partial charge is 0.450 e. The molecule has 120 valence electrons. The van der Waals surface area contributed by atoms with Gasteiger partial charge in [-0.15, -0.1) is 0 Å². The van der Waals surface area contributed by atoms with Crippen LogP contribution in [0, 0.1) is 6.92 Å². The van der Waals surface area contributed by atoms with Gasteiger partial charge >= 0.3 is 12.1 Å². The summed E-state index contributed by atoms with van der Waals surface area (Å²) in [6.45, 7) is 6.07. The van der Waals surface area contributed by atoms with Gasteiger partial charge in [0.15, 0.2) is 0 Å². The van der Waals surface area contributed by atoms with Crippen molar-refractivity contribution in [3.8, 4) is 0 Å². The van der Waals surface area contributed by atoms with Crippen LogP contribution in [0.5, 0.6) is 0 Å². The summed E-state index contributed by atoms with van der Waals surface area (Å²) in [6, 6.07) is 5.57. The number of amides is 3. The van der Waals surface area contributed by atoms with E-state index in [0.717, 1.165) is 15.7 Å². The topological polar surface area (TPSA) is 61.9 Å². The predicted molar refractivity (Wildman–Crippen MR) is 88.1 cm³/mol. The van der Waals surface area contributed by atoms with Crippen molar-refractivity contribution in [2.75, 3.05) is 38.1 Å². The van der Waals surface area contributed by atoms with Gasteiger partial charge < -0.3 is 19.9 Å². The number of rotatable bonds is 2. The number of halogens is 1. The number of benzene rings is 1. The van der Waals surface area contributed by atoms with E-state index in [1.165, 1.54) is 0 Å². The lowest BCUT2D eigenvalue weighted by Gasteiger charge is -2.34. The monoisotopic (exact) mass is 369 g/mol. The van der Waals surface area contributed by atoms with Crippen LogP contribution < -0.4 is 5.32 Å². The number of hydrogen-bond acceptors (Lipinski definition) is 3. The average Bonchev–Trinajstić information content (AvgIpc) is 2.50. The molecular formula is C15H20BrN3O3. The molecular weight excluding hydrogens is 350 g/mol. The summed E-state index contributed by atoms with van der Waals surface area (Å²) in [6.07, 6.45) is -0.314. The van der Waals surface area contributed by atoms with Gasteiger partial charge in [-0.05, 0) is 37.6 Å². The Morgan fingerprint density at radius 1 is 1.23 bits per heavy atom. The summed E-state index contributed by atoms with van der Waals surface area (Å²) in [5, 5.41) is 2.91. The third kappa shape index (κ3) is 4.13. The summed E-state index contributed by atoms with van der Waals surface area (Å²) in [5.74, 6) is 0. The molecule has 1 aromatic rings. The van der Waals surface area contributed by atoms with Crippen molar-refractivity contribution in [3.05, 3.63) is 28.2 Å². The molecule has 1 N–H and O–H groups in total. The number of carbonyl (C=O) groups excluding carboxylic acids is 2. The fourth-order valence-corrected chi connectivity index (χ4v) is 2.74. The fourth-order valence-electron chi connectivity index (χ4n) is 2.27. The van der Waals surface area contributed by atoms with E-state index >= 15 is 0 Å². The second-order valence-corrected chi connectivity index (χ2v) is 5.98. The Morgan fingerprint density at radius 3 is 2.45 bits per heavy atom. The van der Waals surface area contributed by atoms with Crippen molar-refractivity contribution in [2.24, 2.45) is 0 Å². The molecule has 1 aliphatic rings. The first-order valence-corrected chi connectivity index (χ1v) is 8.04. The van der Waals surface area contributed by atoms with Crippen molar-refractivity contribution in [1.29, 1.82) is 0 Å². The molecule has 1 aliphatic heterocycles. The molecule has 0 atom stereocenters. The highest BCUT2D eigenvalue weighted by molar-refractivity contribution is 9.10. The number of carbonyl (C=O) groups is 2. The van der Waals surface area contributed by atoms with Crippen LogP contribution in [0.15, 0.2) is 22.7 Å². The third-order valence-corrected chi connectivity index (χ3v) is 4.02. The van der Waals surface area contributed by atoms with E-state index in [9.17, 15) is 9.59 Å². The standard InChI is InChI=1S/C15H20BrN3O3/c1-3-22-15(21)19-8-6-18(7-9-19)14(20)17-13-5-4-12(16)10-11(13)2/h4-5,10H,3,6-9H2,1-2H3,(H,17,20). The second kappa shape index (κ2) is 7.49. The molecule has 2 rings (SSSR count). The minimum Gasteiger partial charge on any atom is -0.450 e. The fraction of sp³-hybridized carbons (Fsp3) is 0.467. The first-order chi connectivity index (χ1) is 10.5. The molecule has 1 saturated heterocycles. The normalized spacial score (nSPS) is 14.7. The van der Waals surface area contributed by atoms with Crippen LogP contribution in [-0.4, -0.2) is 54.7 Å². The maximum absolute atomic E-state index is 12.3. The third-order valence-electron chi connectivity index (χ3n) is 3.52. The van der Waals surface area contributed by atoms with Gasteiger partial charge in [-0.25, -0.2) is 9.59 Å². The molecule has 3 amide bonds. The first-order valence-electron chi connectivity index (χ1n) is 7.25. The Morgan fingerprint density at radius 2 is 1.86 bits per heavy atom. The molecule has 1 fully saturated rings. The Bertz CT molecular complexity index is 557. The summed E-state index contributed by atoms with van der Waals surface area (Å²) < 4.78 is 5.94. The highest BCUT2D eigenvalue weighted by Gasteiger charge is 2.24. The molecule has 22 heavy (non-hydrogen) atoms. The Hall–Kier alpha value is -1.76. The van der Waals surface area contributed by atoms with E-state index in [-0.39, 0.29) is 12.1 Å². The van der Waals surface area contributed by atoms with Gasteiger partial charge in [0.05, 0.1) is 6.61 Å². The molecule has 0 radical (unpaired) electrons. The lowest BCUT2D eigenvalue weighted by molar-refractivity contribution is 0.0868. The molecule has 1 aromatic carbocycles. The van der Waals surface area contributed by atoms with Gasteiger partial charge in [0, 0.05) is 36.3 Å². The van der Waals surface area contributed by atoms with Crippen molar-refractivity contribution in [1.82, 2.24) is 9.80 Å².